The molecule has 2 unspecified atom stereocenters. The van der Waals surface area contributed by atoms with Gasteiger partial charge in [0, 0.05) is 6.42 Å². The van der Waals surface area contributed by atoms with Crippen LogP contribution in [0.4, 0.5) is 0 Å². The smallest absolute Gasteiger partial charge is 0.155 e. The minimum absolute atomic E-state index is 0.0284. The summed E-state index contributed by atoms with van der Waals surface area (Å²) in [7, 11) is 0. The molecule has 0 saturated heterocycles. The van der Waals surface area contributed by atoms with E-state index in [1.807, 2.05) is 6.08 Å². The van der Waals surface area contributed by atoms with Crippen LogP contribution >= 0.6 is 0 Å². The largest absolute Gasteiger partial charge is 0.369 e. The maximum Gasteiger partial charge on any atom is 0.155 e. The van der Waals surface area contributed by atoms with Crippen molar-refractivity contribution in [1.82, 2.24) is 0 Å². The third-order valence-corrected chi connectivity index (χ3v) is 3.92. The molecule has 0 N–H and O–H groups in total. The Morgan fingerprint density at radius 2 is 2.18 bits per heavy atom. The zero-order valence-corrected chi connectivity index (χ0v) is 11.5. The number of ketones is 1. The lowest BCUT2D eigenvalue weighted by molar-refractivity contribution is -0.131. The van der Waals surface area contributed by atoms with Gasteiger partial charge in [-0.25, -0.2) is 0 Å². The van der Waals surface area contributed by atoms with E-state index >= 15 is 0 Å². The Kier molecular flexibility index (Phi) is 3.19. The molecule has 0 bridgehead atoms. The predicted octanol–water partition coefficient (Wildman–Crippen LogP) is 3.65. The van der Waals surface area contributed by atoms with E-state index in [-0.39, 0.29) is 11.2 Å². The molecule has 0 aromatic heterocycles. The molecule has 0 aromatic carbocycles. The van der Waals surface area contributed by atoms with Gasteiger partial charge in [0.05, 0.1) is 11.2 Å². The SMILES string of the molecule is CCC1(OC(C)(C)C)CC2=CC(=O)CCC2C1. The minimum atomic E-state index is -0.103. The summed E-state index contributed by atoms with van der Waals surface area (Å²) in [4.78, 5) is 11.5. The second-order valence-corrected chi connectivity index (χ2v) is 6.55. The van der Waals surface area contributed by atoms with Gasteiger partial charge in [-0.3, -0.25) is 4.79 Å². The second kappa shape index (κ2) is 4.24. The first-order valence-corrected chi connectivity index (χ1v) is 6.77. The van der Waals surface area contributed by atoms with E-state index in [1.165, 1.54) is 5.57 Å². The van der Waals surface area contributed by atoms with Gasteiger partial charge in [0.2, 0.25) is 0 Å². The van der Waals surface area contributed by atoms with Gasteiger partial charge in [0.25, 0.3) is 0 Å². The Hall–Kier alpha value is -0.630. The number of hydrogen-bond acceptors (Lipinski definition) is 2. The van der Waals surface area contributed by atoms with Crippen LogP contribution < -0.4 is 0 Å². The number of allylic oxidation sites excluding steroid dienone is 1. The molecule has 2 aliphatic rings. The number of rotatable bonds is 2. The highest BCUT2D eigenvalue weighted by atomic mass is 16.5. The summed E-state index contributed by atoms with van der Waals surface area (Å²) in [6.45, 7) is 8.55. The van der Waals surface area contributed by atoms with Crippen molar-refractivity contribution in [1.29, 1.82) is 0 Å². The summed E-state index contributed by atoms with van der Waals surface area (Å²) >= 11 is 0. The van der Waals surface area contributed by atoms with Crippen molar-refractivity contribution in [2.45, 2.75) is 71.0 Å². The molecule has 0 spiro atoms. The average Bonchev–Trinajstić information content (AvgIpc) is 2.53. The van der Waals surface area contributed by atoms with E-state index in [4.69, 9.17) is 4.74 Å². The van der Waals surface area contributed by atoms with Gasteiger partial charge in [0.1, 0.15) is 0 Å². The van der Waals surface area contributed by atoms with Gasteiger partial charge in [0.15, 0.2) is 5.78 Å². The summed E-state index contributed by atoms with van der Waals surface area (Å²) in [5, 5.41) is 0. The third kappa shape index (κ3) is 2.79. The lowest BCUT2D eigenvalue weighted by atomic mass is 9.89. The fraction of sp³-hybridized carbons (Fsp3) is 0.800. The molecule has 0 heterocycles. The van der Waals surface area contributed by atoms with Crippen molar-refractivity contribution in [3.8, 4) is 0 Å². The van der Waals surface area contributed by atoms with Gasteiger partial charge in [-0.1, -0.05) is 12.5 Å². The van der Waals surface area contributed by atoms with Crippen LogP contribution in [-0.2, 0) is 9.53 Å². The molecule has 96 valence electrons. The summed E-state index contributed by atoms with van der Waals surface area (Å²) in [5.74, 6) is 0.897. The number of fused-ring (bicyclic) bond motifs is 1. The van der Waals surface area contributed by atoms with Crippen molar-refractivity contribution >= 4 is 5.78 Å². The van der Waals surface area contributed by atoms with E-state index in [0.717, 1.165) is 32.1 Å². The molecule has 2 heteroatoms. The number of carbonyl (C=O) groups excluding carboxylic acids is 1. The van der Waals surface area contributed by atoms with Crippen LogP contribution in [0.25, 0.3) is 0 Å². The Bertz CT molecular complexity index is 348. The minimum Gasteiger partial charge on any atom is -0.369 e. The predicted molar refractivity (Wildman–Crippen MR) is 68.9 cm³/mol. The van der Waals surface area contributed by atoms with Gasteiger partial charge in [-0.2, -0.15) is 0 Å². The lowest BCUT2D eigenvalue weighted by Gasteiger charge is -2.36. The van der Waals surface area contributed by atoms with Crippen molar-refractivity contribution in [3.63, 3.8) is 0 Å². The summed E-state index contributed by atoms with van der Waals surface area (Å²) in [6.07, 6.45) is 6.73. The van der Waals surface area contributed by atoms with Crippen LogP contribution in [0.5, 0.6) is 0 Å². The molecule has 2 atom stereocenters. The molecule has 2 rings (SSSR count). The zero-order chi connectivity index (χ0) is 12.7. The van der Waals surface area contributed by atoms with E-state index in [9.17, 15) is 4.79 Å². The van der Waals surface area contributed by atoms with Gasteiger partial charge < -0.3 is 4.74 Å². The molecule has 2 aliphatic carbocycles. The van der Waals surface area contributed by atoms with Crippen LogP contribution in [0.1, 0.15) is 59.8 Å². The summed E-state index contributed by atoms with van der Waals surface area (Å²) in [5.41, 5.74) is 1.21. The highest BCUT2D eigenvalue weighted by Crippen LogP contribution is 2.48. The summed E-state index contributed by atoms with van der Waals surface area (Å²) < 4.78 is 6.31. The van der Waals surface area contributed by atoms with Gasteiger partial charge in [-0.15, -0.1) is 0 Å². The quantitative estimate of drug-likeness (QED) is 0.731. The Labute approximate surface area is 104 Å². The Morgan fingerprint density at radius 1 is 1.47 bits per heavy atom. The monoisotopic (exact) mass is 236 g/mol. The highest BCUT2D eigenvalue weighted by molar-refractivity contribution is 5.91. The second-order valence-electron chi connectivity index (χ2n) is 6.55. The van der Waals surface area contributed by atoms with E-state index < -0.39 is 0 Å². The van der Waals surface area contributed by atoms with Crippen LogP contribution in [0.15, 0.2) is 11.6 Å². The fourth-order valence-electron chi connectivity index (χ4n) is 3.29. The molecule has 0 amide bonds. The van der Waals surface area contributed by atoms with E-state index in [1.54, 1.807) is 0 Å². The van der Waals surface area contributed by atoms with Crippen LogP contribution in [-0.4, -0.2) is 17.0 Å². The van der Waals surface area contributed by atoms with Crippen LogP contribution in [0.3, 0.4) is 0 Å². The molecule has 2 nitrogen and oxygen atoms in total. The van der Waals surface area contributed by atoms with Gasteiger partial charge >= 0.3 is 0 Å². The molecular formula is C15H24O2. The van der Waals surface area contributed by atoms with Crippen LogP contribution in [0, 0.1) is 5.92 Å². The number of hydrogen-bond donors (Lipinski definition) is 0. The molecule has 1 saturated carbocycles. The highest BCUT2D eigenvalue weighted by Gasteiger charge is 2.44. The molecule has 0 aromatic rings. The number of ether oxygens (including phenoxy) is 1. The molecule has 0 aliphatic heterocycles. The molecule has 17 heavy (non-hydrogen) atoms. The molecule has 1 fully saturated rings. The summed E-state index contributed by atoms with van der Waals surface area (Å²) in [6, 6.07) is 0. The molecular weight excluding hydrogens is 212 g/mol. The van der Waals surface area contributed by atoms with Crippen molar-refractivity contribution in [2.24, 2.45) is 5.92 Å². The van der Waals surface area contributed by atoms with Gasteiger partial charge in [-0.05, 0) is 58.4 Å². The number of carbonyl (C=O) groups is 1. The maximum absolute atomic E-state index is 11.5. The third-order valence-electron chi connectivity index (χ3n) is 3.92. The fourth-order valence-corrected chi connectivity index (χ4v) is 3.29. The first-order chi connectivity index (χ1) is 7.84. The normalized spacial score (nSPS) is 33.5. The lowest BCUT2D eigenvalue weighted by Crippen LogP contribution is -2.37. The topological polar surface area (TPSA) is 26.3 Å². The molecule has 0 radical (unpaired) electrons. The van der Waals surface area contributed by atoms with Crippen LogP contribution in [0.2, 0.25) is 0 Å². The Balaban J connectivity index is 2.18. The first-order valence-electron chi connectivity index (χ1n) is 6.77. The standard InChI is InChI=1S/C15H24O2/c1-5-15(17-14(2,3)4)9-11-6-7-13(16)8-12(11)10-15/h8,11H,5-7,9-10H2,1-4H3. The van der Waals surface area contributed by atoms with Crippen molar-refractivity contribution < 1.29 is 9.53 Å². The maximum atomic E-state index is 11.5. The van der Waals surface area contributed by atoms with E-state index in [2.05, 4.69) is 27.7 Å². The zero-order valence-electron chi connectivity index (χ0n) is 11.5. The first kappa shape index (κ1) is 12.8. The van der Waals surface area contributed by atoms with Crippen molar-refractivity contribution in [3.05, 3.63) is 11.6 Å². The Morgan fingerprint density at radius 3 is 2.76 bits per heavy atom. The van der Waals surface area contributed by atoms with Crippen molar-refractivity contribution in [2.75, 3.05) is 0 Å². The van der Waals surface area contributed by atoms with E-state index in [0.29, 0.717) is 11.7 Å². The average molecular weight is 236 g/mol.